The maximum absolute atomic E-state index is 13.1. The monoisotopic (exact) mass is 562 g/mol. The molecule has 8 nitrogen and oxygen atoms in total. The molecule has 0 aliphatic carbocycles. The average Bonchev–Trinajstić information content (AvgIpc) is 3.69. The third-order valence-electron chi connectivity index (χ3n) is 6.91. The van der Waals surface area contributed by atoms with Crippen molar-refractivity contribution in [2.45, 2.75) is 10.9 Å². The molecule has 1 fully saturated rings. The zero-order valence-electron chi connectivity index (χ0n) is 22.5. The van der Waals surface area contributed by atoms with E-state index in [9.17, 15) is 4.79 Å². The summed E-state index contributed by atoms with van der Waals surface area (Å²) >= 11 is 1.47. The molecular weight excluding hydrogens is 532 g/mol. The summed E-state index contributed by atoms with van der Waals surface area (Å²) in [6.45, 7) is 3.84. The molecule has 0 atom stereocenters. The summed E-state index contributed by atoms with van der Waals surface area (Å²) < 4.78 is 7.73. The van der Waals surface area contributed by atoms with Gasteiger partial charge in [-0.3, -0.25) is 14.3 Å². The van der Waals surface area contributed by atoms with Crippen molar-refractivity contribution in [2.24, 2.45) is 0 Å². The number of carbonyl (C=O) groups is 1. The highest BCUT2D eigenvalue weighted by atomic mass is 32.2. The van der Waals surface area contributed by atoms with Gasteiger partial charge in [0.1, 0.15) is 6.26 Å². The van der Waals surface area contributed by atoms with Crippen molar-refractivity contribution in [3.8, 4) is 17.1 Å². The van der Waals surface area contributed by atoms with Crippen LogP contribution in [0.2, 0.25) is 0 Å². The minimum Gasteiger partial charge on any atom is -0.447 e. The Morgan fingerprint density at radius 1 is 0.854 bits per heavy atom. The molecule has 3 aromatic carbocycles. The zero-order valence-corrected chi connectivity index (χ0v) is 23.4. The van der Waals surface area contributed by atoms with Crippen LogP contribution >= 0.6 is 11.8 Å². The lowest BCUT2D eigenvalue weighted by molar-refractivity contribution is 0.0644. The Labute approximate surface area is 243 Å². The summed E-state index contributed by atoms with van der Waals surface area (Å²) in [6, 6.07) is 30.3. The summed E-state index contributed by atoms with van der Waals surface area (Å²) in [5, 5.41) is 9.67. The van der Waals surface area contributed by atoms with Crippen LogP contribution in [-0.2, 0) is 5.75 Å². The average molecular weight is 563 g/mol. The molecule has 206 valence electrons. The molecule has 0 unspecified atom stereocenters. The van der Waals surface area contributed by atoms with Gasteiger partial charge in [-0.15, -0.1) is 10.2 Å². The molecule has 1 amide bonds. The first-order valence-corrected chi connectivity index (χ1v) is 14.6. The lowest BCUT2D eigenvalue weighted by atomic mass is 10.2. The highest BCUT2D eigenvalue weighted by molar-refractivity contribution is 7.98. The van der Waals surface area contributed by atoms with Crippen LogP contribution in [0, 0.1) is 0 Å². The standard InChI is InChI=1S/C32H30N6O2S/c39-31(37-21-19-36(20-22-37)18-10-13-25-11-4-1-5-12-25)28-23-40-29(33-28)24-41-32-35-34-30(26-14-6-2-7-15-26)38(32)27-16-8-3-9-17-27/h1-17,23H,18-22,24H2. The van der Waals surface area contributed by atoms with Gasteiger partial charge in [-0.25, -0.2) is 4.98 Å². The first-order chi connectivity index (χ1) is 20.2. The number of amides is 1. The fourth-order valence-electron chi connectivity index (χ4n) is 4.75. The van der Waals surface area contributed by atoms with E-state index in [0.29, 0.717) is 30.4 Å². The third kappa shape index (κ3) is 6.48. The minimum atomic E-state index is -0.0942. The predicted octanol–water partition coefficient (Wildman–Crippen LogP) is 5.69. The number of benzene rings is 3. The van der Waals surface area contributed by atoms with Crippen molar-refractivity contribution in [1.82, 2.24) is 29.5 Å². The van der Waals surface area contributed by atoms with Gasteiger partial charge in [0.2, 0.25) is 5.89 Å². The molecule has 1 aliphatic heterocycles. The Hall–Kier alpha value is -4.47. The van der Waals surface area contributed by atoms with Crippen LogP contribution in [0.5, 0.6) is 0 Å². The molecule has 1 aliphatic rings. The molecule has 6 rings (SSSR count). The van der Waals surface area contributed by atoms with Gasteiger partial charge in [0.05, 0.1) is 5.75 Å². The van der Waals surface area contributed by atoms with E-state index in [2.05, 4.69) is 44.4 Å². The van der Waals surface area contributed by atoms with Gasteiger partial charge in [0, 0.05) is 44.0 Å². The van der Waals surface area contributed by atoms with Crippen LogP contribution < -0.4 is 0 Å². The summed E-state index contributed by atoms with van der Waals surface area (Å²) in [7, 11) is 0. The smallest absolute Gasteiger partial charge is 0.275 e. The topological polar surface area (TPSA) is 80.3 Å². The Morgan fingerprint density at radius 2 is 1.54 bits per heavy atom. The second-order valence-electron chi connectivity index (χ2n) is 9.66. The molecule has 41 heavy (non-hydrogen) atoms. The van der Waals surface area contributed by atoms with Crippen molar-refractivity contribution in [3.63, 3.8) is 0 Å². The van der Waals surface area contributed by atoms with Crippen LogP contribution in [0.25, 0.3) is 23.2 Å². The normalized spacial score (nSPS) is 14.1. The number of nitrogens with zero attached hydrogens (tertiary/aromatic N) is 6. The number of hydrogen-bond acceptors (Lipinski definition) is 7. The molecule has 0 N–H and O–H groups in total. The Kier molecular flexibility index (Phi) is 8.35. The SMILES string of the molecule is O=C(c1coc(CSc2nnc(-c3ccccc3)n2-c2ccccc2)n1)N1CCN(CC=Cc2ccccc2)CC1. The van der Waals surface area contributed by atoms with E-state index in [4.69, 9.17) is 4.42 Å². The summed E-state index contributed by atoms with van der Waals surface area (Å²) in [4.78, 5) is 21.8. The summed E-state index contributed by atoms with van der Waals surface area (Å²) in [5.74, 6) is 1.57. The maximum Gasteiger partial charge on any atom is 0.275 e. The van der Waals surface area contributed by atoms with Crippen molar-refractivity contribution in [1.29, 1.82) is 0 Å². The van der Waals surface area contributed by atoms with Crippen LogP contribution in [0.1, 0.15) is 21.9 Å². The Bertz CT molecular complexity index is 1590. The van der Waals surface area contributed by atoms with Gasteiger partial charge in [0.25, 0.3) is 5.91 Å². The number of oxazole rings is 1. The van der Waals surface area contributed by atoms with Crippen LogP contribution in [0.4, 0.5) is 0 Å². The summed E-state index contributed by atoms with van der Waals surface area (Å²) in [6.07, 6.45) is 5.78. The molecule has 9 heteroatoms. The fourth-order valence-corrected chi connectivity index (χ4v) is 5.55. The van der Waals surface area contributed by atoms with E-state index in [1.165, 1.54) is 23.6 Å². The predicted molar refractivity (Wildman–Crippen MR) is 161 cm³/mol. The first kappa shape index (κ1) is 26.7. The van der Waals surface area contributed by atoms with Gasteiger partial charge >= 0.3 is 0 Å². The van der Waals surface area contributed by atoms with E-state index < -0.39 is 0 Å². The number of thioether (sulfide) groups is 1. The van der Waals surface area contributed by atoms with Gasteiger partial charge in [-0.05, 0) is 17.7 Å². The zero-order chi connectivity index (χ0) is 27.9. The number of para-hydroxylation sites is 1. The number of piperazine rings is 1. The van der Waals surface area contributed by atoms with Crippen molar-refractivity contribution < 1.29 is 9.21 Å². The quantitative estimate of drug-likeness (QED) is 0.214. The highest BCUT2D eigenvalue weighted by Gasteiger charge is 2.24. The largest absolute Gasteiger partial charge is 0.447 e. The molecule has 1 saturated heterocycles. The highest BCUT2D eigenvalue weighted by Crippen LogP contribution is 2.29. The van der Waals surface area contributed by atoms with Crippen molar-refractivity contribution in [2.75, 3.05) is 32.7 Å². The van der Waals surface area contributed by atoms with Gasteiger partial charge in [-0.2, -0.15) is 0 Å². The van der Waals surface area contributed by atoms with Gasteiger partial charge < -0.3 is 9.32 Å². The molecule has 0 bridgehead atoms. The second-order valence-corrected chi connectivity index (χ2v) is 10.6. The van der Waals surface area contributed by atoms with Crippen LogP contribution in [0.15, 0.2) is 113 Å². The Morgan fingerprint density at radius 3 is 2.27 bits per heavy atom. The van der Waals surface area contributed by atoms with E-state index in [1.807, 2.05) is 88.3 Å². The molecular formula is C32H30N6O2S. The fraction of sp³-hybridized carbons (Fsp3) is 0.188. The molecule has 5 aromatic rings. The van der Waals surface area contributed by atoms with E-state index >= 15 is 0 Å². The van der Waals surface area contributed by atoms with Crippen LogP contribution in [0.3, 0.4) is 0 Å². The number of aromatic nitrogens is 4. The first-order valence-electron chi connectivity index (χ1n) is 13.6. The Balaban J connectivity index is 1.06. The number of carbonyl (C=O) groups excluding carboxylic acids is 1. The summed E-state index contributed by atoms with van der Waals surface area (Å²) in [5.41, 5.74) is 3.48. The van der Waals surface area contributed by atoms with E-state index in [0.717, 1.165) is 41.9 Å². The number of rotatable bonds is 9. The van der Waals surface area contributed by atoms with Crippen LogP contribution in [-0.4, -0.2) is 68.2 Å². The van der Waals surface area contributed by atoms with Crippen molar-refractivity contribution >= 4 is 23.7 Å². The molecule has 3 heterocycles. The third-order valence-corrected chi connectivity index (χ3v) is 7.82. The molecule has 0 radical (unpaired) electrons. The lowest BCUT2D eigenvalue weighted by Gasteiger charge is -2.33. The molecule has 0 spiro atoms. The molecule has 2 aromatic heterocycles. The minimum absolute atomic E-state index is 0.0942. The van der Waals surface area contributed by atoms with Gasteiger partial charge in [-0.1, -0.05) is 103 Å². The lowest BCUT2D eigenvalue weighted by Crippen LogP contribution is -2.48. The van der Waals surface area contributed by atoms with E-state index in [-0.39, 0.29) is 5.91 Å². The van der Waals surface area contributed by atoms with E-state index in [1.54, 1.807) is 0 Å². The number of hydrogen-bond donors (Lipinski definition) is 0. The molecule has 0 saturated carbocycles. The van der Waals surface area contributed by atoms with Gasteiger partial charge in [0.15, 0.2) is 16.7 Å². The maximum atomic E-state index is 13.1. The van der Waals surface area contributed by atoms with Crippen molar-refractivity contribution in [3.05, 3.63) is 120 Å². The second kappa shape index (κ2) is 12.8.